The Balaban J connectivity index is 1.49. The van der Waals surface area contributed by atoms with Crippen molar-refractivity contribution in [2.45, 2.75) is 32.2 Å². The molecule has 0 aliphatic heterocycles. The van der Waals surface area contributed by atoms with Crippen molar-refractivity contribution in [3.63, 3.8) is 0 Å². The van der Waals surface area contributed by atoms with E-state index in [9.17, 15) is 13.2 Å². The van der Waals surface area contributed by atoms with E-state index < -0.39 is 10.0 Å². The maximum Gasteiger partial charge on any atom is 0.264 e. The third-order valence-electron chi connectivity index (χ3n) is 6.55. The maximum atomic E-state index is 13.8. The number of sulfonamides is 1. The van der Waals surface area contributed by atoms with E-state index in [1.807, 2.05) is 31.2 Å². The smallest absolute Gasteiger partial charge is 0.264 e. The number of thiazole rings is 1. The molecule has 0 radical (unpaired) electrons. The third kappa shape index (κ3) is 5.41. The van der Waals surface area contributed by atoms with Crippen molar-refractivity contribution in [1.82, 2.24) is 9.97 Å². The molecule has 39 heavy (non-hydrogen) atoms. The second-order valence-electron chi connectivity index (χ2n) is 9.18. The van der Waals surface area contributed by atoms with Crippen molar-refractivity contribution in [1.29, 1.82) is 0 Å². The van der Waals surface area contributed by atoms with E-state index in [-0.39, 0.29) is 23.9 Å². The van der Waals surface area contributed by atoms with Gasteiger partial charge in [-0.1, -0.05) is 35.6 Å². The number of aromatic nitrogens is 2. The molecule has 0 saturated carbocycles. The Morgan fingerprint density at radius 3 is 2.31 bits per heavy atom. The summed E-state index contributed by atoms with van der Waals surface area (Å²) in [7, 11) is -3.80. The predicted molar refractivity (Wildman–Crippen MR) is 157 cm³/mol. The van der Waals surface area contributed by atoms with Crippen molar-refractivity contribution in [3.8, 4) is 0 Å². The number of benzene rings is 3. The van der Waals surface area contributed by atoms with E-state index in [1.165, 1.54) is 27.8 Å². The Morgan fingerprint density at radius 2 is 1.64 bits per heavy atom. The number of nitrogens with zero attached hydrogens (tertiary/aromatic N) is 4. The van der Waals surface area contributed by atoms with Crippen molar-refractivity contribution < 1.29 is 13.2 Å². The van der Waals surface area contributed by atoms with Crippen molar-refractivity contribution in [2.24, 2.45) is 0 Å². The second kappa shape index (κ2) is 11.0. The number of anilines is 2. The zero-order chi connectivity index (χ0) is 27.6. The van der Waals surface area contributed by atoms with E-state index in [2.05, 4.69) is 18.0 Å². The lowest BCUT2D eigenvalue weighted by molar-refractivity contribution is 0.0985. The lowest BCUT2D eigenvalue weighted by Crippen LogP contribution is -2.31. The van der Waals surface area contributed by atoms with Crippen LogP contribution in [0, 0.1) is 13.8 Å². The normalized spacial score (nSPS) is 11.5. The molecule has 0 aliphatic carbocycles. The molecule has 7 nitrogen and oxygen atoms in total. The molecule has 3 aromatic carbocycles. The van der Waals surface area contributed by atoms with E-state index in [4.69, 9.17) is 4.98 Å². The molecule has 0 unspecified atom stereocenters. The molecule has 0 bridgehead atoms. The van der Waals surface area contributed by atoms with Crippen LogP contribution in [0.5, 0.6) is 0 Å². The third-order valence-corrected chi connectivity index (χ3v) is 9.51. The summed E-state index contributed by atoms with van der Waals surface area (Å²) in [6, 6.07) is 22.9. The highest BCUT2D eigenvalue weighted by Gasteiger charge is 2.26. The lowest BCUT2D eigenvalue weighted by atomic mass is 10.1. The molecule has 0 spiro atoms. The van der Waals surface area contributed by atoms with Gasteiger partial charge in [0.25, 0.3) is 15.9 Å². The number of para-hydroxylation sites is 1. The highest BCUT2D eigenvalue weighted by Crippen LogP contribution is 2.33. The quantitative estimate of drug-likeness (QED) is 0.222. The van der Waals surface area contributed by atoms with E-state index in [0.717, 1.165) is 26.9 Å². The number of carbonyl (C=O) groups excluding carboxylic acids is 1. The van der Waals surface area contributed by atoms with Crippen LogP contribution in [0.25, 0.3) is 10.2 Å². The van der Waals surface area contributed by atoms with E-state index in [1.54, 1.807) is 60.6 Å². The number of hydrogen-bond acceptors (Lipinski definition) is 6. The van der Waals surface area contributed by atoms with Gasteiger partial charge in [-0.3, -0.25) is 19.0 Å². The molecule has 5 aromatic rings. The fourth-order valence-electron chi connectivity index (χ4n) is 4.32. The van der Waals surface area contributed by atoms with Gasteiger partial charge in [0, 0.05) is 24.5 Å². The number of pyridine rings is 1. The van der Waals surface area contributed by atoms with Gasteiger partial charge in [0.2, 0.25) is 0 Å². The highest BCUT2D eigenvalue weighted by atomic mass is 32.2. The van der Waals surface area contributed by atoms with Crippen LogP contribution in [0.2, 0.25) is 0 Å². The summed E-state index contributed by atoms with van der Waals surface area (Å²) in [5.41, 5.74) is 4.95. The fourth-order valence-corrected chi connectivity index (χ4v) is 6.84. The molecule has 1 amide bonds. The largest absolute Gasteiger partial charge is 0.279 e. The van der Waals surface area contributed by atoms with Crippen LogP contribution >= 0.6 is 11.3 Å². The zero-order valence-electron chi connectivity index (χ0n) is 21.9. The average Bonchev–Trinajstić information content (AvgIpc) is 3.35. The van der Waals surface area contributed by atoms with Gasteiger partial charge in [-0.15, -0.1) is 0 Å². The first-order valence-corrected chi connectivity index (χ1v) is 14.8. The Bertz CT molecular complexity index is 1680. The summed E-state index contributed by atoms with van der Waals surface area (Å²) >= 11 is 1.45. The highest BCUT2D eigenvalue weighted by molar-refractivity contribution is 7.92. The molecule has 0 atom stereocenters. The SMILES string of the molecule is CCN(c1ccccc1)S(=O)(=O)c1ccc(C(=O)N(Cc2cccnc2)c2nc3cc(C)c(C)cc3s2)cc1. The van der Waals surface area contributed by atoms with Crippen LogP contribution in [0.1, 0.15) is 34.0 Å². The molecule has 0 saturated heterocycles. The molecule has 2 aromatic heterocycles. The number of hydrogen-bond donors (Lipinski definition) is 0. The van der Waals surface area contributed by atoms with Crippen molar-refractivity contribution >= 4 is 48.3 Å². The van der Waals surface area contributed by atoms with Crippen LogP contribution < -0.4 is 9.21 Å². The van der Waals surface area contributed by atoms with Crippen LogP contribution in [-0.2, 0) is 16.6 Å². The molecule has 0 N–H and O–H groups in total. The monoisotopic (exact) mass is 556 g/mol. The second-order valence-corrected chi connectivity index (χ2v) is 12.1. The first kappa shape index (κ1) is 26.5. The standard InChI is InChI=1S/C30H28N4O3S2/c1-4-34(25-10-6-5-7-11-25)39(36,37)26-14-12-24(13-15-26)29(35)33(20-23-9-8-16-31-19-23)30-32-27-17-21(2)22(3)18-28(27)38-30/h5-19H,4,20H2,1-3H3. The van der Waals surface area contributed by atoms with Crippen molar-refractivity contribution in [2.75, 3.05) is 15.7 Å². The van der Waals surface area contributed by atoms with Crippen LogP contribution in [0.15, 0.2) is 96.2 Å². The molecule has 0 aliphatic rings. The summed E-state index contributed by atoms with van der Waals surface area (Å²) in [4.78, 5) is 24.6. The van der Waals surface area contributed by atoms with Crippen LogP contribution in [-0.4, -0.2) is 30.8 Å². The first-order valence-electron chi connectivity index (χ1n) is 12.5. The van der Waals surface area contributed by atoms with Gasteiger partial charge >= 0.3 is 0 Å². The topological polar surface area (TPSA) is 83.5 Å². The van der Waals surface area contributed by atoms with E-state index in [0.29, 0.717) is 16.4 Å². The lowest BCUT2D eigenvalue weighted by Gasteiger charge is -2.23. The average molecular weight is 557 g/mol. The summed E-state index contributed by atoms with van der Waals surface area (Å²) in [5.74, 6) is -0.272. The molecule has 198 valence electrons. The number of rotatable bonds is 8. The van der Waals surface area contributed by atoms with Gasteiger partial charge in [-0.2, -0.15) is 0 Å². The first-order chi connectivity index (χ1) is 18.8. The minimum Gasteiger partial charge on any atom is -0.279 e. The molecular formula is C30H28N4O3S2. The van der Waals surface area contributed by atoms with Crippen LogP contribution in [0.4, 0.5) is 10.8 Å². The minimum absolute atomic E-state index is 0.120. The molecule has 5 rings (SSSR count). The van der Waals surface area contributed by atoms with Gasteiger partial charge in [0.15, 0.2) is 5.13 Å². The summed E-state index contributed by atoms with van der Waals surface area (Å²) in [6.45, 7) is 6.45. The van der Waals surface area contributed by atoms with Gasteiger partial charge < -0.3 is 0 Å². The summed E-state index contributed by atoms with van der Waals surface area (Å²) in [6.07, 6.45) is 3.41. The van der Waals surface area contributed by atoms with Gasteiger partial charge in [-0.05, 0) is 92.1 Å². The van der Waals surface area contributed by atoms with Crippen LogP contribution in [0.3, 0.4) is 0 Å². The minimum atomic E-state index is -3.80. The number of fused-ring (bicyclic) bond motifs is 1. The Hall–Kier alpha value is -4.08. The summed E-state index contributed by atoms with van der Waals surface area (Å²) < 4.78 is 29.2. The Kier molecular flexibility index (Phi) is 7.45. The Labute approximate surface area is 232 Å². The maximum absolute atomic E-state index is 13.8. The van der Waals surface area contributed by atoms with Crippen molar-refractivity contribution in [3.05, 3.63) is 114 Å². The van der Waals surface area contributed by atoms with E-state index >= 15 is 0 Å². The fraction of sp³-hybridized carbons (Fsp3) is 0.167. The predicted octanol–water partition coefficient (Wildman–Crippen LogP) is 6.37. The Morgan fingerprint density at radius 1 is 0.923 bits per heavy atom. The molecule has 9 heteroatoms. The van der Waals surface area contributed by atoms with Gasteiger partial charge in [-0.25, -0.2) is 13.4 Å². The summed E-state index contributed by atoms with van der Waals surface area (Å²) in [5, 5.41) is 0.571. The van der Waals surface area contributed by atoms with Gasteiger partial charge in [0.05, 0.1) is 27.3 Å². The number of amides is 1. The zero-order valence-corrected chi connectivity index (χ0v) is 23.5. The molecular weight excluding hydrogens is 528 g/mol. The molecule has 0 fully saturated rings. The molecule has 2 heterocycles. The number of carbonyl (C=O) groups is 1. The van der Waals surface area contributed by atoms with Gasteiger partial charge in [0.1, 0.15) is 0 Å². The number of aryl methyl sites for hydroxylation is 2.